The van der Waals surface area contributed by atoms with Crippen LogP contribution in [0.3, 0.4) is 0 Å². The summed E-state index contributed by atoms with van der Waals surface area (Å²) in [7, 11) is 5.64. The normalized spacial score (nSPS) is 19.4. The van der Waals surface area contributed by atoms with E-state index in [0.29, 0.717) is 17.7 Å². The number of aromatic nitrogens is 3. The second kappa shape index (κ2) is 10.0. The van der Waals surface area contributed by atoms with Crippen molar-refractivity contribution >= 4 is 44.9 Å². The molecule has 3 aromatic heterocycles. The average Bonchev–Trinajstić information content (AvgIpc) is 3.52. The molecule has 2 fully saturated rings. The van der Waals surface area contributed by atoms with E-state index in [1.54, 1.807) is 19.0 Å². The number of amides is 1. The number of aliphatic hydroxyl groups excluding tert-OH is 1. The van der Waals surface area contributed by atoms with Crippen molar-refractivity contribution in [1.82, 2.24) is 24.8 Å². The standard InChI is InChI=1S/C25H33N7O2S/c1-30(2)24(34)23-21(16-6-4-5-7-16)22-19(35-23)13-27-25(29-22)28-20-9-8-17(12-26-20)32-11-10-31(3)18(14-32)15-33/h8-9,12-13,16,18,33H,4-7,10-11,14-15H2,1-3H3,(H,26,27,28,29)/t18-/m0/s1. The third-order valence-corrected chi connectivity index (χ3v) is 8.29. The molecule has 0 radical (unpaired) electrons. The lowest BCUT2D eigenvalue weighted by molar-refractivity contribution is 0.0831. The number of nitrogens with zero attached hydrogens (tertiary/aromatic N) is 6. The van der Waals surface area contributed by atoms with Crippen molar-refractivity contribution in [3.8, 4) is 0 Å². The summed E-state index contributed by atoms with van der Waals surface area (Å²) in [5.41, 5.74) is 3.00. The first-order valence-electron chi connectivity index (χ1n) is 12.2. The van der Waals surface area contributed by atoms with Crippen LogP contribution < -0.4 is 10.2 Å². The number of pyridine rings is 1. The van der Waals surface area contributed by atoms with Crippen molar-refractivity contribution in [3.63, 3.8) is 0 Å². The molecular weight excluding hydrogens is 462 g/mol. The average molecular weight is 496 g/mol. The van der Waals surface area contributed by atoms with E-state index < -0.39 is 0 Å². The Hall–Kier alpha value is -2.82. The second-order valence-corrected chi connectivity index (χ2v) is 10.8. The second-order valence-electron chi connectivity index (χ2n) is 9.72. The minimum Gasteiger partial charge on any atom is -0.395 e. The zero-order valence-corrected chi connectivity index (χ0v) is 21.4. The Morgan fingerprint density at radius 1 is 1.20 bits per heavy atom. The van der Waals surface area contributed by atoms with Crippen LogP contribution >= 0.6 is 11.3 Å². The van der Waals surface area contributed by atoms with Crippen molar-refractivity contribution in [3.05, 3.63) is 35.0 Å². The van der Waals surface area contributed by atoms with Gasteiger partial charge in [-0.05, 0) is 37.9 Å². The number of aliphatic hydroxyl groups is 1. The Bertz CT molecular complexity index is 1190. The number of likely N-dealkylation sites (N-methyl/N-ethyl adjacent to an activating group) is 1. The highest BCUT2D eigenvalue weighted by Gasteiger charge is 2.29. The van der Waals surface area contributed by atoms with Gasteiger partial charge in [-0.2, -0.15) is 0 Å². The van der Waals surface area contributed by atoms with Gasteiger partial charge in [-0.3, -0.25) is 9.69 Å². The van der Waals surface area contributed by atoms with E-state index >= 15 is 0 Å². The Morgan fingerprint density at radius 3 is 2.69 bits per heavy atom. The number of carbonyl (C=O) groups excluding carboxylic acids is 1. The molecule has 3 aromatic rings. The van der Waals surface area contributed by atoms with Gasteiger partial charge in [-0.25, -0.2) is 15.0 Å². The maximum absolute atomic E-state index is 12.9. The van der Waals surface area contributed by atoms with Crippen LogP contribution in [0.15, 0.2) is 24.5 Å². The summed E-state index contributed by atoms with van der Waals surface area (Å²) >= 11 is 1.50. The molecule has 1 saturated carbocycles. The fourth-order valence-electron chi connectivity index (χ4n) is 5.07. The molecule has 186 valence electrons. The van der Waals surface area contributed by atoms with Crippen LogP contribution in [0.4, 0.5) is 17.5 Å². The van der Waals surface area contributed by atoms with E-state index in [0.717, 1.165) is 58.8 Å². The Labute approximate surface area is 209 Å². The molecule has 10 heteroatoms. The number of carbonyl (C=O) groups is 1. The topological polar surface area (TPSA) is 97.7 Å². The minimum absolute atomic E-state index is 0.0361. The fourth-order valence-corrected chi connectivity index (χ4v) is 6.29. The predicted molar refractivity (Wildman–Crippen MR) is 140 cm³/mol. The van der Waals surface area contributed by atoms with Crippen molar-refractivity contribution < 1.29 is 9.90 Å². The summed E-state index contributed by atoms with van der Waals surface area (Å²) in [6.07, 6.45) is 8.24. The summed E-state index contributed by atoms with van der Waals surface area (Å²) in [6, 6.07) is 4.10. The highest BCUT2D eigenvalue weighted by atomic mass is 32.1. The summed E-state index contributed by atoms with van der Waals surface area (Å²) in [4.78, 5) is 33.8. The van der Waals surface area contributed by atoms with Gasteiger partial charge in [0.15, 0.2) is 0 Å². The van der Waals surface area contributed by atoms with Crippen LogP contribution in [0.25, 0.3) is 10.2 Å². The maximum atomic E-state index is 12.9. The molecule has 9 nitrogen and oxygen atoms in total. The van der Waals surface area contributed by atoms with Crippen molar-refractivity contribution in [2.75, 3.05) is 57.6 Å². The molecule has 0 bridgehead atoms. The summed E-state index contributed by atoms with van der Waals surface area (Å²) < 4.78 is 0.944. The van der Waals surface area contributed by atoms with Gasteiger partial charge in [-0.1, -0.05) is 12.8 Å². The van der Waals surface area contributed by atoms with Crippen LogP contribution in [0.2, 0.25) is 0 Å². The molecule has 2 N–H and O–H groups in total. The first-order valence-corrected chi connectivity index (χ1v) is 13.1. The van der Waals surface area contributed by atoms with Crippen molar-refractivity contribution in [2.45, 2.75) is 37.6 Å². The molecule has 5 rings (SSSR count). The zero-order chi connectivity index (χ0) is 24.5. The van der Waals surface area contributed by atoms with E-state index in [-0.39, 0.29) is 18.6 Å². The molecule has 0 aromatic carbocycles. The lowest BCUT2D eigenvalue weighted by atomic mass is 9.96. The summed E-state index contributed by atoms with van der Waals surface area (Å²) in [5, 5.41) is 12.9. The van der Waals surface area contributed by atoms with E-state index in [1.807, 2.05) is 31.6 Å². The quantitative estimate of drug-likeness (QED) is 0.538. The van der Waals surface area contributed by atoms with Gasteiger partial charge in [0, 0.05) is 39.3 Å². The Balaban J connectivity index is 1.39. The van der Waals surface area contributed by atoms with Crippen molar-refractivity contribution in [1.29, 1.82) is 0 Å². The minimum atomic E-state index is 0.0361. The first kappa shape index (κ1) is 23.9. The molecule has 2 aliphatic rings. The molecule has 0 unspecified atom stereocenters. The number of hydrogen-bond donors (Lipinski definition) is 2. The highest BCUT2D eigenvalue weighted by molar-refractivity contribution is 7.21. The summed E-state index contributed by atoms with van der Waals surface area (Å²) in [5.74, 6) is 1.56. The SMILES string of the molecule is CN(C)C(=O)c1sc2cnc(Nc3ccc(N4CCN(C)[C@H](CO)C4)cn3)nc2c1C1CCCC1. The largest absolute Gasteiger partial charge is 0.395 e. The van der Waals surface area contributed by atoms with Gasteiger partial charge in [-0.15, -0.1) is 11.3 Å². The molecule has 1 amide bonds. The van der Waals surface area contributed by atoms with E-state index in [1.165, 1.54) is 24.2 Å². The number of fused-ring (bicyclic) bond motifs is 1. The number of anilines is 3. The van der Waals surface area contributed by atoms with Crippen LogP contribution in [0.5, 0.6) is 0 Å². The monoisotopic (exact) mass is 495 g/mol. The van der Waals surface area contributed by atoms with Crippen LogP contribution in [0.1, 0.15) is 46.8 Å². The molecule has 0 spiro atoms. The number of piperazine rings is 1. The Morgan fingerprint density at radius 2 is 2.00 bits per heavy atom. The third kappa shape index (κ3) is 4.82. The smallest absolute Gasteiger partial charge is 0.263 e. The molecule has 35 heavy (non-hydrogen) atoms. The molecule has 1 saturated heterocycles. The van der Waals surface area contributed by atoms with Gasteiger partial charge in [0.2, 0.25) is 5.95 Å². The van der Waals surface area contributed by atoms with Crippen LogP contribution in [0, 0.1) is 0 Å². The number of nitrogens with one attached hydrogen (secondary N) is 1. The third-order valence-electron chi connectivity index (χ3n) is 7.17. The number of thiophene rings is 1. The fraction of sp³-hybridized carbons (Fsp3) is 0.520. The lowest BCUT2D eigenvalue weighted by Gasteiger charge is -2.39. The van der Waals surface area contributed by atoms with Gasteiger partial charge < -0.3 is 20.2 Å². The maximum Gasteiger partial charge on any atom is 0.263 e. The van der Waals surface area contributed by atoms with E-state index in [9.17, 15) is 9.90 Å². The summed E-state index contributed by atoms with van der Waals surface area (Å²) in [6.45, 7) is 2.73. The first-order chi connectivity index (χ1) is 16.9. The van der Waals surface area contributed by atoms with Gasteiger partial charge in [0.25, 0.3) is 5.91 Å². The van der Waals surface area contributed by atoms with Gasteiger partial charge >= 0.3 is 0 Å². The van der Waals surface area contributed by atoms with Gasteiger partial charge in [0.1, 0.15) is 5.82 Å². The molecule has 1 atom stereocenters. The van der Waals surface area contributed by atoms with E-state index in [4.69, 9.17) is 4.98 Å². The molecule has 1 aliphatic carbocycles. The molecule has 4 heterocycles. The van der Waals surface area contributed by atoms with Crippen molar-refractivity contribution in [2.24, 2.45) is 0 Å². The lowest BCUT2D eigenvalue weighted by Crippen LogP contribution is -2.53. The number of hydrogen-bond acceptors (Lipinski definition) is 9. The number of rotatable bonds is 6. The Kier molecular flexibility index (Phi) is 6.86. The molecular formula is C25H33N7O2S. The van der Waals surface area contributed by atoms with Gasteiger partial charge in [0.05, 0.1) is 45.8 Å². The van der Waals surface area contributed by atoms with Crippen LogP contribution in [-0.2, 0) is 0 Å². The zero-order valence-electron chi connectivity index (χ0n) is 20.6. The van der Waals surface area contributed by atoms with E-state index in [2.05, 4.69) is 25.1 Å². The highest BCUT2D eigenvalue weighted by Crippen LogP contribution is 2.43. The molecule has 1 aliphatic heterocycles. The van der Waals surface area contributed by atoms with Crippen LogP contribution in [-0.4, -0.2) is 89.2 Å². The predicted octanol–water partition coefficient (Wildman–Crippen LogP) is 3.30.